The minimum Gasteiger partial charge on any atom is -0.357 e. The lowest BCUT2D eigenvalue weighted by atomic mass is 10.1. The van der Waals surface area contributed by atoms with Gasteiger partial charge in [0, 0.05) is 25.2 Å². The molecule has 0 saturated heterocycles. The summed E-state index contributed by atoms with van der Waals surface area (Å²) in [6, 6.07) is 4.73. The normalized spacial score (nSPS) is 12.1. The fourth-order valence-electron chi connectivity index (χ4n) is 2.02. The van der Waals surface area contributed by atoms with Crippen molar-refractivity contribution in [2.45, 2.75) is 32.6 Å². The van der Waals surface area contributed by atoms with Crippen LogP contribution in [0.2, 0.25) is 0 Å². The number of guanidine groups is 1. The lowest BCUT2D eigenvalue weighted by Crippen LogP contribution is -2.38. The van der Waals surface area contributed by atoms with Gasteiger partial charge in [0.1, 0.15) is 5.82 Å². The van der Waals surface area contributed by atoms with Gasteiger partial charge in [0.05, 0.1) is 13.0 Å². The highest BCUT2D eigenvalue weighted by molar-refractivity contribution is 14.0. The van der Waals surface area contributed by atoms with Crippen LogP contribution >= 0.6 is 24.0 Å². The number of halogens is 5. The summed E-state index contributed by atoms with van der Waals surface area (Å²) < 4.78 is 50.3. The number of benzene rings is 1. The van der Waals surface area contributed by atoms with E-state index in [1.807, 2.05) is 25.9 Å². The predicted octanol–water partition coefficient (Wildman–Crippen LogP) is 3.51. The summed E-state index contributed by atoms with van der Waals surface area (Å²) in [7, 11) is 3.69. The molecule has 0 aliphatic rings. The smallest absolute Gasteiger partial charge is 0.357 e. The molecule has 0 aliphatic heterocycles. The summed E-state index contributed by atoms with van der Waals surface area (Å²) in [6.07, 6.45) is -5.14. The molecule has 0 aliphatic carbocycles. The summed E-state index contributed by atoms with van der Waals surface area (Å²) >= 11 is 0. The minimum atomic E-state index is -4.21. The molecule has 1 aromatic carbocycles. The van der Waals surface area contributed by atoms with Crippen molar-refractivity contribution in [3.05, 3.63) is 35.1 Å². The zero-order valence-electron chi connectivity index (χ0n) is 14.6. The minimum absolute atomic E-state index is 0. The number of hydrogen-bond donors (Lipinski definition) is 2. The molecule has 0 atom stereocenters. The van der Waals surface area contributed by atoms with Gasteiger partial charge in [-0.2, -0.15) is 13.2 Å². The Morgan fingerprint density at radius 1 is 1.20 bits per heavy atom. The molecule has 0 heterocycles. The van der Waals surface area contributed by atoms with Crippen LogP contribution in [-0.2, 0) is 13.1 Å². The molecule has 0 bridgehead atoms. The lowest BCUT2D eigenvalue weighted by molar-refractivity contribution is -0.132. The Kier molecular flexibility index (Phi) is 11.0. The Morgan fingerprint density at radius 3 is 2.44 bits per heavy atom. The standard InChI is InChI=1S/C16H24F4N4.HI/c1-4-21-15(22-8-7-16(18,19)20)23-10-12-5-6-14(17)13(9-12)11-24(2)3;/h5-6,9H,4,7-8,10-11H2,1-3H3,(H2,21,22,23);1H. The van der Waals surface area contributed by atoms with Gasteiger partial charge in [-0.1, -0.05) is 6.07 Å². The van der Waals surface area contributed by atoms with E-state index in [0.717, 1.165) is 5.56 Å². The molecule has 25 heavy (non-hydrogen) atoms. The van der Waals surface area contributed by atoms with Crippen LogP contribution in [0.4, 0.5) is 17.6 Å². The zero-order chi connectivity index (χ0) is 18.2. The van der Waals surface area contributed by atoms with Crippen molar-refractivity contribution >= 4 is 29.9 Å². The van der Waals surface area contributed by atoms with Gasteiger partial charge in [-0.15, -0.1) is 24.0 Å². The Hall–Kier alpha value is -1.10. The average molecular weight is 476 g/mol. The second-order valence-electron chi connectivity index (χ2n) is 5.65. The Labute approximate surface area is 163 Å². The molecule has 0 radical (unpaired) electrons. The number of nitrogens with one attached hydrogen (secondary N) is 2. The maximum atomic E-state index is 13.7. The van der Waals surface area contributed by atoms with E-state index in [4.69, 9.17) is 0 Å². The van der Waals surface area contributed by atoms with Crippen molar-refractivity contribution in [1.82, 2.24) is 15.5 Å². The second kappa shape index (κ2) is 11.5. The Balaban J connectivity index is 0.00000576. The maximum Gasteiger partial charge on any atom is 0.390 e. The largest absolute Gasteiger partial charge is 0.390 e. The third kappa shape index (κ3) is 10.5. The first-order valence-electron chi connectivity index (χ1n) is 7.72. The van der Waals surface area contributed by atoms with Gasteiger partial charge in [-0.05, 0) is 38.7 Å². The number of aliphatic imine (C=N–C) groups is 1. The molecule has 2 N–H and O–H groups in total. The summed E-state index contributed by atoms with van der Waals surface area (Å²) in [6.45, 7) is 2.83. The van der Waals surface area contributed by atoms with Crippen molar-refractivity contribution < 1.29 is 17.6 Å². The lowest BCUT2D eigenvalue weighted by Gasteiger charge is -2.13. The number of rotatable bonds is 7. The van der Waals surface area contributed by atoms with Crippen LogP contribution in [0, 0.1) is 5.82 Å². The van der Waals surface area contributed by atoms with Gasteiger partial charge in [0.25, 0.3) is 0 Å². The summed E-state index contributed by atoms with van der Waals surface area (Å²) in [5, 5.41) is 5.53. The fourth-order valence-corrected chi connectivity index (χ4v) is 2.02. The van der Waals surface area contributed by atoms with E-state index < -0.39 is 12.6 Å². The van der Waals surface area contributed by atoms with Gasteiger partial charge in [-0.25, -0.2) is 9.38 Å². The highest BCUT2D eigenvalue weighted by atomic mass is 127. The van der Waals surface area contributed by atoms with Crippen LogP contribution in [-0.4, -0.2) is 44.2 Å². The van der Waals surface area contributed by atoms with Crippen molar-refractivity contribution in [1.29, 1.82) is 0 Å². The average Bonchev–Trinajstić information content (AvgIpc) is 2.46. The van der Waals surface area contributed by atoms with Crippen LogP contribution in [0.5, 0.6) is 0 Å². The zero-order valence-corrected chi connectivity index (χ0v) is 16.9. The van der Waals surface area contributed by atoms with Crippen LogP contribution in [0.15, 0.2) is 23.2 Å². The van der Waals surface area contributed by atoms with Crippen molar-refractivity contribution in [3.63, 3.8) is 0 Å². The van der Waals surface area contributed by atoms with Crippen LogP contribution in [0.25, 0.3) is 0 Å². The van der Waals surface area contributed by atoms with Gasteiger partial charge in [0.2, 0.25) is 0 Å². The topological polar surface area (TPSA) is 39.7 Å². The van der Waals surface area contributed by atoms with Crippen LogP contribution in [0.3, 0.4) is 0 Å². The molecule has 0 saturated carbocycles. The van der Waals surface area contributed by atoms with Crippen molar-refractivity contribution in [3.8, 4) is 0 Å². The summed E-state index contributed by atoms with van der Waals surface area (Å²) in [5.74, 6) is 0.0203. The quantitative estimate of drug-likeness (QED) is 0.274. The van der Waals surface area contributed by atoms with Crippen molar-refractivity contribution in [2.24, 2.45) is 4.99 Å². The highest BCUT2D eigenvalue weighted by Crippen LogP contribution is 2.18. The van der Waals surface area contributed by atoms with E-state index in [-0.39, 0.29) is 42.9 Å². The first kappa shape index (κ1) is 23.9. The molecule has 4 nitrogen and oxygen atoms in total. The van der Waals surface area contributed by atoms with E-state index in [0.29, 0.717) is 24.6 Å². The second-order valence-corrected chi connectivity index (χ2v) is 5.65. The van der Waals surface area contributed by atoms with Gasteiger partial charge in [-0.3, -0.25) is 0 Å². The van der Waals surface area contributed by atoms with Crippen molar-refractivity contribution in [2.75, 3.05) is 27.2 Å². The van der Waals surface area contributed by atoms with E-state index in [9.17, 15) is 17.6 Å². The number of alkyl halides is 3. The predicted molar refractivity (Wildman–Crippen MR) is 103 cm³/mol. The van der Waals surface area contributed by atoms with Crippen LogP contribution in [0.1, 0.15) is 24.5 Å². The number of nitrogens with zero attached hydrogens (tertiary/aromatic N) is 2. The first-order chi connectivity index (χ1) is 11.2. The first-order valence-corrected chi connectivity index (χ1v) is 7.72. The molecular weight excluding hydrogens is 451 g/mol. The molecule has 0 unspecified atom stereocenters. The maximum absolute atomic E-state index is 13.7. The third-order valence-corrected chi connectivity index (χ3v) is 3.06. The van der Waals surface area contributed by atoms with Crippen LogP contribution < -0.4 is 10.6 Å². The molecule has 1 rings (SSSR count). The molecule has 0 fully saturated rings. The highest BCUT2D eigenvalue weighted by Gasteiger charge is 2.26. The van der Waals surface area contributed by atoms with Gasteiger partial charge >= 0.3 is 6.18 Å². The molecule has 0 aromatic heterocycles. The molecular formula is C16H25F4IN4. The summed E-state index contributed by atoms with van der Waals surface area (Å²) in [5.41, 5.74) is 1.35. The SMILES string of the molecule is CCNC(=NCc1ccc(F)c(CN(C)C)c1)NCCC(F)(F)F.I. The van der Waals surface area contributed by atoms with Gasteiger partial charge < -0.3 is 15.5 Å². The number of hydrogen-bond acceptors (Lipinski definition) is 2. The van der Waals surface area contributed by atoms with E-state index in [2.05, 4.69) is 15.6 Å². The third-order valence-electron chi connectivity index (χ3n) is 3.06. The molecule has 1 aromatic rings. The van der Waals surface area contributed by atoms with E-state index in [1.165, 1.54) is 6.07 Å². The van der Waals surface area contributed by atoms with E-state index in [1.54, 1.807) is 12.1 Å². The Bertz CT molecular complexity index is 547. The molecule has 144 valence electrons. The monoisotopic (exact) mass is 476 g/mol. The fraction of sp³-hybridized carbons (Fsp3) is 0.562. The molecule has 0 amide bonds. The Morgan fingerprint density at radius 2 is 1.88 bits per heavy atom. The summed E-state index contributed by atoms with van der Waals surface area (Å²) in [4.78, 5) is 6.10. The van der Waals surface area contributed by atoms with Gasteiger partial charge in [0.15, 0.2) is 5.96 Å². The van der Waals surface area contributed by atoms with E-state index >= 15 is 0 Å². The molecule has 9 heteroatoms. The molecule has 0 spiro atoms.